The minimum atomic E-state index is -0.996. The van der Waals surface area contributed by atoms with Crippen LogP contribution in [-0.2, 0) is 0 Å². The fourth-order valence-electron chi connectivity index (χ4n) is 2.54. The van der Waals surface area contributed by atoms with Gasteiger partial charge in [-0.15, -0.1) is 0 Å². The van der Waals surface area contributed by atoms with Crippen LogP contribution in [0.15, 0.2) is 36.4 Å². The molecule has 0 aliphatic carbocycles. The monoisotopic (exact) mass is 338 g/mol. The van der Waals surface area contributed by atoms with Gasteiger partial charge in [-0.1, -0.05) is 18.2 Å². The van der Waals surface area contributed by atoms with Gasteiger partial charge in [-0.25, -0.2) is 9.78 Å². The molecular formula is C19H18N2O4. The van der Waals surface area contributed by atoms with Crippen LogP contribution in [0.3, 0.4) is 0 Å². The van der Waals surface area contributed by atoms with Crippen molar-refractivity contribution >= 4 is 29.2 Å². The number of methoxy groups -OCH3 is 1. The Morgan fingerprint density at radius 2 is 2.08 bits per heavy atom. The molecule has 0 fully saturated rings. The van der Waals surface area contributed by atoms with Crippen molar-refractivity contribution in [3.8, 4) is 11.5 Å². The van der Waals surface area contributed by atoms with Gasteiger partial charge < -0.3 is 19.6 Å². The number of imidazole rings is 1. The molecule has 2 N–H and O–H groups in total. The molecule has 0 aliphatic rings. The number of carboxylic acid groups (broad SMARTS) is 1. The number of aromatic amines is 1. The van der Waals surface area contributed by atoms with E-state index < -0.39 is 5.97 Å². The molecule has 6 nitrogen and oxygen atoms in total. The minimum absolute atomic E-state index is 0.177. The highest BCUT2D eigenvalue weighted by atomic mass is 16.5. The zero-order chi connectivity index (χ0) is 17.8. The van der Waals surface area contributed by atoms with E-state index in [1.807, 2.05) is 31.2 Å². The van der Waals surface area contributed by atoms with Crippen molar-refractivity contribution < 1.29 is 19.4 Å². The summed E-state index contributed by atoms with van der Waals surface area (Å²) < 4.78 is 10.8. The summed E-state index contributed by atoms with van der Waals surface area (Å²) in [5.74, 6) is 0.931. The number of rotatable bonds is 6. The summed E-state index contributed by atoms with van der Waals surface area (Å²) in [5, 5.41) is 9.23. The Morgan fingerprint density at radius 1 is 1.24 bits per heavy atom. The summed E-state index contributed by atoms with van der Waals surface area (Å²) in [4.78, 5) is 18.7. The number of aromatic carboxylic acids is 1. The van der Waals surface area contributed by atoms with E-state index in [1.165, 1.54) is 6.07 Å². The van der Waals surface area contributed by atoms with Crippen molar-refractivity contribution in [3.63, 3.8) is 0 Å². The normalized spacial score (nSPS) is 11.1. The lowest BCUT2D eigenvalue weighted by atomic mass is 10.2. The number of nitrogens with zero attached hydrogens (tertiary/aromatic N) is 1. The van der Waals surface area contributed by atoms with E-state index in [0.29, 0.717) is 35.0 Å². The summed E-state index contributed by atoms with van der Waals surface area (Å²) >= 11 is 0. The van der Waals surface area contributed by atoms with Crippen molar-refractivity contribution in [2.45, 2.75) is 6.92 Å². The van der Waals surface area contributed by atoms with Gasteiger partial charge in [0.05, 0.1) is 24.8 Å². The van der Waals surface area contributed by atoms with Gasteiger partial charge in [-0.3, -0.25) is 0 Å². The Bertz CT molecular complexity index is 944. The van der Waals surface area contributed by atoms with Crippen LogP contribution in [0.2, 0.25) is 0 Å². The summed E-state index contributed by atoms with van der Waals surface area (Å²) in [5.41, 5.74) is 2.23. The topological polar surface area (TPSA) is 84.4 Å². The summed E-state index contributed by atoms with van der Waals surface area (Å²) in [7, 11) is 1.60. The van der Waals surface area contributed by atoms with Gasteiger partial charge in [0, 0.05) is 0 Å². The number of fused-ring (bicyclic) bond motifs is 1. The second-order valence-corrected chi connectivity index (χ2v) is 5.31. The zero-order valence-electron chi connectivity index (χ0n) is 13.9. The van der Waals surface area contributed by atoms with Crippen LogP contribution in [0.25, 0.3) is 23.2 Å². The molecule has 0 aliphatic heterocycles. The molecule has 6 heteroatoms. The third-order valence-corrected chi connectivity index (χ3v) is 3.68. The van der Waals surface area contributed by atoms with E-state index in [0.717, 1.165) is 5.56 Å². The van der Waals surface area contributed by atoms with Crippen molar-refractivity contribution in [1.29, 1.82) is 0 Å². The molecule has 3 aromatic rings. The average Bonchev–Trinajstić information content (AvgIpc) is 3.03. The molecule has 2 aromatic carbocycles. The van der Waals surface area contributed by atoms with Crippen LogP contribution in [0.5, 0.6) is 11.5 Å². The van der Waals surface area contributed by atoms with Crippen LogP contribution in [0, 0.1) is 0 Å². The maximum absolute atomic E-state index is 11.3. The van der Waals surface area contributed by atoms with E-state index >= 15 is 0 Å². The van der Waals surface area contributed by atoms with Crippen LogP contribution >= 0.6 is 0 Å². The van der Waals surface area contributed by atoms with E-state index in [9.17, 15) is 9.90 Å². The first-order chi connectivity index (χ1) is 12.1. The molecule has 1 aromatic heterocycles. The molecule has 3 rings (SSSR count). The molecule has 0 atom stereocenters. The van der Waals surface area contributed by atoms with Crippen LogP contribution < -0.4 is 9.47 Å². The van der Waals surface area contributed by atoms with E-state index in [-0.39, 0.29) is 5.56 Å². The van der Waals surface area contributed by atoms with Gasteiger partial charge in [0.2, 0.25) is 0 Å². The van der Waals surface area contributed by atoms with Gasteiger partial charge in [0.15, 0.2) is 11.5 Å². The Hall–Kier alpha value is -3.28. The second kappa shape index (κ2) is 7.09. The van der Waals surface area contributed by atoms with E-state index in [2.05, 4.69) is 9.97 Å². The van der Waals surface area contributed by atoms with Crippen LogP contribution in [-0.4, -0.2) is 34.8 Å². The number of nitrogens with one attached hydrogen (secondary N) is 1. The van der Waals surface area contributed by atoms with Gasteiger partial charge >= 0.3 is 5.97 Å². The van der Waals surface area contributed by atoms with Crippen LogP contribution in [0.1, 0.15) is 28.7 Å². The maximum atomic E-state index is 11.3. The molecule has 0 amide bonds. The number of benzene rings is 2. The molecule has 25 heavy (non-hydrogen) atoms. The lowest BCUT2D eigenvalue weighted by molar-refractivity contribution is 0.0699. The fraction of sp³-hybridized carbons (Fsp3) is 0.158. The molecule has 0 bridgehead atoms. The number of aromatic nitrogens is 2. The third kappa shape index (κ3) is 3.47. The summed E-state index contributed by atoms with van der Waals surface area (Å²) in [6, 6.07) is 10.7. The number of carbonyl (C=O) groups is 1. The summed E-state index contributed by atoms with van der Waals surface area (Å²) in [6.07, 6.45) is 3.67. The lowest BCUT2D eigenvalue weighted by Gasteiger charge is -2.09. The Kier molecular flexibility index (Phi) is 4.70. The summed E-state index contributed by atoms with van der Waals surface area (Å²) in [6.45, 7) is 2.46. The average molecular weight is 338 g/mol. The van der Waals surface area contributed by atoms with Crippen molar-refractivity contribution in [3.05, 3.63) is 53.3 Å². The maximum Gasteiger partial charge on any atom is 0.337 e. The molecule has 0 unspecified atom stereocenters. The molecule has 0 spiro atoms. The first kappa shape index (κ1) is 16.6. The predicted molar refractivity (Wildman–Crippen MR) is 96.1 cm³/mol. The van der Waals surface area contributed by atoms with E-state index in [1.54, 1.807) is 25.3 Å². The van der Waals surface area contributed by atoms with Crippen LogP contribution in [0.4, 0.5) is 0 Å². The Morgan fingerprint density at radius 3 is 2.80 bits per heavy atom. The fourth-order valence-corrected chi connectivity index (χ4v) is 2.54. The lowest BCUT2D eigenvalue weighted by Crippen LogP contribution is -1.96. The van der Waals surface area contributed by atoms with Gasteiger partial charge in [-0.05, 0) is 42.8 Å². The van der Waals surface area contributed by atoms with Crippen molar-refractivity contribution in [2.24, 2.45) is 0 Å². The van der Waals surface area contributed by atoms with E-state index in [4.69, 9.17) is 9.47 Å². The van der Waals surface area contributed by atoms with Gasteiger partial charge in [-0.2, -0.15) is 0 Å². The number of carboxylic acids is 1. The second-order valence-electron chi connectivity index (χ2n) is 5.31. The molecule has 0 saturated heterocycles. The highest BCUT2D eigenvalue weighted by Gasteiger charge is 2.11. The van der Waals surface area contributed by atoms with Crippen molar-refractivity contribution in [1.82, 2.24) is 9.97 Å². The standard InChI is InChI=1S/C19H18N2O4/c1-3-25-16-11-12(7-9-15(16)24-2)8-10-17-20-14-6-4-5-13(19(22)23)18(14)21-17/h4-11H,3H2,1-2H3,(H,20,21)(H,22,23)/b10-8+. The highest BCUT2D eigenvalue weighted by Crippen LogP contribution is 2.28. The first-order valence-electron chi connectivity index (χ1n) is 7.83. The molecule has 0 radical (unpaired) electrons. The molecule has 1 heterocycles. The predicted octanol–water partition coefficient (Wildman–Crippen LogP) is 3.84. The SMILES string of the molecule is CCOc1cc(/C=C/c2nc3c(C(=O)O)cccc3[nH]2)ccc1OC. The largest absolute Gasteiger partial charge is 0.493 e. The Balaban J connectivity index is 1.92. The molecule has 128 valence electrons. The zero-order valence-corrected chi connectivity index (χ0v) is 13.9. The smallest absolute Gasteiger partial charge is 0.337 e. The Labute approximate surface area is 144 Å². The van der Waals surface area contributed by atoms with Gasteiger partial charge in [0.1, 0.15) is 11.3 Å². The number of para-hydroxylation sites is 1. The quantitative estimate of drug-likeness (QED) is 0.713. The third-order valence-electron chi connectivity index (χ3n) is 3.68. The minimum Gasteiger partial charge on any atom is -0.493 e. The highest BCUT2D eigenvalue weighted by molar-refractivity contribution is 6.01. The number of hydrogen-bond acceptors (Lipinski definition) is 4. The number of ether oxygens (including phenoxy) is 2. The number of hydrogen-bond donors (Lipinski definition) is 2. The first-order valence-corrected chi connectivity index (χ1v) is 7.83. The number of H-pyrrole nitrogens is 1. The molecule has 0 saturated carbocycles. The molecular weight excluding hydrogens is 320 g/mol. The van der Waals surface area contributed by atoms with Crippen molar-refractivity contribution in [2.75, 3.05) is 13.7 Å². The van der Waals surface area contributed by atoms with Gasteiger partial charge in [0.25, 0.3) is 0 Å².